The Bertz CT molecular complexity index is 797. The van der Waals surface area contributed by atoms with E-state index in [-0.39, 0.29) is 0 Å². The summed E-state index contributed by atoms with van der Waals surface area (Å²) in [6, 6.07) is 17.2. The van der Waals surface area contributed by atoms with Crippen LogP contribution in [0.15, 0.2) is 65.7 Å². The summed E-state index contributed by atoms with van der Waals surface area (Å²) >= 11 is 1.52. The zero-order valence-corrected chi connectivity index (χ0v) is 13.4. The fourth-order valence-electron chi connectivity index (χ4n) is 2.04. The number of aromatic nitrogens is 3. The third-order valence-corrected chi connectivity index (χ3v) is 4.24. The van der Waals surface area contributed by atoms with Crippen molar-refractivity contribution in [3.63, 3.8) is 0 Å². The average Bonchev–Trinajstić information content (AvgIpc) is 2.61. The van der Waals surface area contributed by atoms with Gasteiger partial charge < -0.3 is 9.94 Å². The molecule has 0 spiro atoms. The van der Waals surface area contributed by atoms with Crippen LogP contribution in [0, 0.1) is 5.21 Å². The first-order valence-corrected chi connectivity index (χ1v) is 8.03. The Balaban J connectivity index is 1.73. The zero-order valence-electron chi connectivity index (χ0n) is 12.5. The van der Waals surface area contributed by atoms with Crippen molar-refractivity contribution in [2.24, 2.45) is 0 Å². The molecule has 0 unspecified atom stereocenters. The third kappa shape index (κ3) is 3.78. The van der Waals surface area contributed by atoms with Crippen LogP contribution in [0.4, 0.5) is 0 Å². The first kappa shape index (κ1) is 15.3. The standard InChI is InChI=1S/C17H15N3O2S/c1-22-14-8-5-9-15(10-14)23-12-17-19-18-16(11-20(17)21)13-6-3-2-4-7-13/h2-11H,12H2,1H3. The molecule has 0 atom stereocenters. The van der Waals surface area contributed by atoms with E-state index in [0.717, 1.165) is 20.9 Å². The molecule has 3 rings (SSSR count). The summed E-state index contributed by atoms with van der Waals surface area (Å²) in [5.41, 5.74) is 1.44. The summed E-state index contributed by atoms with van der Waals surface area (Å²) in [6.07, 6.45) is 1.46. The molecular weight excluding hydrogens is 310 g/mol. The topological polar surface area (TPSA) is 62.0 Å². The summed E-state index contributed by atoms with van der Waals surface area (Å²) in [6.45, 7) is 0. The Morgan fingerprint density at radius 1 is 1.09 bits per heavy atom. The van der Waals surface area contributed by atoms with E-state index in [4.69, 9.17) is 4.74 Å². The van der Waals surface area contributed by atoms with Crippen LogP contribution >= 0.6 is 11.8 Å². The highest BCUT2D eigenvalue weighted by Crippen LogP contribution is 2.24. The maximum atomic E-state index is 12.1. The summed E-state index contributed by atoms with van der Waals surface area (Å²) in [5, 5.41) is 20.3. The lowest BCUT2D eigenvalue weighted by Crippen LogP contribution is -2.33. The van der Waals surface area contributed by atoms with Gasteiger partial charge in [-0.2, -0.15) is 0 Å². The minimum Gasteiger partial charge on any atom is -0.711 e. The molecule has 5 nitrogen and oxygen atoms in total. The largest absolute Gasteiger partial charge is 0.711 e. The molecule has 0 aliphatic carbocycles. The van der Waals surface area contributed by atoms with E-state index in [1.54, 1.807) is 7.11 Å². The first-order chi connectivity index (χ1) is 11.3. The molecule has 116 valence electrons. The smallest absolute Gasteiger partial charge is 0.339 e. The predicted molar refractivity (Wildman–Crippen MR) is 89.0 cm³/mol. The zero-order chi connectivity index (χ0) is 16.1. The molecule has 0 N–H and O–H groups in total. The van der Waals surface area contributed by atoms with Crippen LogP contribution in [0.25, 0.3) is 11.3 Å². The van der Waals surface area contributed by atoms with E-state index >= 15 is 0 Å². The third-order valence-electron chi connectivity index (χ3n) is 3.25. The van der Waals surface area contributed by atoms with E-state index < -0.39 is 0 Å². The van der Waals surface area contributed by atoms with E-state index in [1.165, 1.54) is 18.0 Å². The van der Waals surface area contributed by atoms with Crippen molar-refractivity contribution in [3.8, 4) is 17.0 Å². The Hall–Kier alpha value is -2.60. The van der Waals surface area contributed by atoms with Crippen molar-refractivity contribution in [1.29, 1.82) is 0 Å². The molecule has 2 aromatic carbocycles. The molecule has 0 bridgehead atoms. The summed E-state index contributed by atoms with van der Waals surface area (Å²) in [7, 11) is 1.63. The van der Waals surface area contributed by atoms with Crippen LogP contribution in [0.3, 0.4) is 0 Å². The fraction of sp³-hybridized carbons (Fsp3) is 0.118. The van der Waals surface area contributed by atoms with Gasteiger partial charge in [-0.3, -0.25) is 0 Å². The van der Waals surface area contributed by atoms with Crippen LogP contribution in [0.1, 0.15) is 5.82 Å². The monoisotopic (exact) mass is 325 g/mol. The predicted octanol–water partition coefficient (Wildman–Crippen LogP) is 3.08. The Morgan fingerprint density at radius 2 is 1.91 bits per heavy atom. The van der Waals surface area contributed by atoms with Crippen LogP contribution in [-0.2, 0) is 5.75 Å². The quantitative estimate of drug-likeness (QED) is 0.410. The molecule has 0 amide bonds. The van der Waals surface area contributed by atoms with Gasteiger partial charge in [0.2, 0.25) is 0 Å². The van der Waals surface area contributed by atoms with Crippen LogP contribution < -0.4 is 9.47 Å². The molecule has 1 aromatic heterocycles. The van der Waals surface area contributed by atoms with E-state index in [0.29, 0.717) is 17.3 Å². The summed E-state index contributed by atoms with van der Waals surface area (Å²) in [4.78, 5) is 1.01. The van der Waals surface area contributed by atoms with Crippen molar-refractivity contribution < 1.29 is 9.47 Å². The molecule has 0 aliphatic heterocycles. The second kappa shape index (κ2) is 7.11. The maximum Gasteiger partial charge on any atom is 0.339 e. The van der Waals surface area contributed by atoms with Gasteiger partial charge in [-0.15, -0.1) is 11.8 Å². The van der Waals surface area contributed by atoms with Crippen molar-refractivity contribution in [2.45, 2.75) is 10.6 Å². The summed E-state index contributed by atoms with van der Waals surface area (Å²) < 4.78 is 5.97. The molecular formula is C17H15N3O2S. The number of nitrogens with zero attached hydrogens (tertiary/aromatic N) is 3. The maximum absolute atomic E-state index is 12.1. The van der Waals surface area contributed by atoms with Gasteiger partial charge in [0.25, 0.3) is 0 Å². The van der Waals surface area contributed by atoms with Gasteiger partial charge >= 0.3 is 5.82 Å². The molecule has 3 aromatic rings. The average molecular weight is 325 g/mol. The van der Waals surface area contributed by atoms with Gasteiger partial charge in [-0.05, 0) is 23.3 Å². The number of hydrogen-bond acceptors (Lipinski definition) is 5. The minimum atomic E-state index is 0.373. The lowest BCUT2D eigenvalue weighted by Gasteiger charge is -2.07. The first-order valence-electron chi connectivity index (χ1n) is 7.04. The normalized spacial score (nSPS) is 10.5. The molecule has 0 saturated heterocycles. The van der Waals surface area contributed by atoms with E-state index in [9.17, 15) is 5.21 Å². The molecule has 0 fully saturated rings. The number of benzene rings is 2. The molecule has 0 aliphatic rings. The van der Waals surface area contributed by atoms with Gasteiger partial charge in [0.1, 0.15) is 17.7 Å². The van der Waals surface area contributed by atoms with Gasteiger partial charge in [-0.1, -0.05) is 36.4 Å². The Labute approximate surface area is 138 Å². The van der Waals surface area contributed by atoms with Crippen molar-refractivity contribution in [1.82, 2.24) is 10.2 Å². The van der Waals surface area contributed by atoms with Crippen molar-refractivity contribution in [2.75, 3.05) is 7.11 Å². The second-order valence-corrected chi connectivity index (χ2v) is 5.84. The lowest BCUT2D eigenvalue weighted by atomic mass is 10.2. The SMILES string of the molecule is COc1cccc(SCc2nnc(-c3ccccc3)c[n+]2[O-])c1. The highest BCUT2D eigenvalue weighted by molar-refractivity contribution is 7.98. The number of rotatable bonds is 5. The Morgan fingerprint density at radius 3 is 2.65 bits per heavy atom. The van der Waals surface area contributed by atoms with Crippen molar-refractivity contribution >= 4 is 11.8 Å². The Kier molecular flexibility index (Phi) is 4.73. The molecule has 6 heteroatoms. The number of hydrogen-bond donors (Lipinski definition) is 0. The van der Waals surface area contributed by atoms with E-state index in [1.807, 2.05) is 54.6 Å². The van der Waals surface area contributed by atoms with Gasteiger partial charge in [0.15, 0.2) is 5.69 Å². The highest BCUT2D eigenvalue weighted by atomic mass is 32.2. The fourth-order valence-corrected chi connectivity index (χ4v) is 2.89. The van der Waals surface area contributed by atoms with Crippen LogP contribution in [0.5, 0.6) is 5.75 Å². The van der Waals surface area contributed by atoms with Gasteiger partial charge in [0.05, 0.1) is 12.2 Å². The number of thioether (sulfide) groups is 1. The number of methoxy groups -OCH3 is 1. The summed E-state index contributed by atoms with van der Waals surface area (Å²) in [5.74, 6) is 1.60. The molecule has 0 radical (unpaired) electrons. The lowest BCUT2D eigenvalue weighted by molar-refractivity contribution is -0.616. The van der Waals surface area contributed by atoms with Crippen molar-refractivity contribution in [3.05, 3.63) is 71.8 Å². The van der Waals surface area contributed by atoms with E-state index in [2.05, 4.69) is 10.2 Å². The minimum absolute atomic E-state index is 0.373. The number of ether oxygens (including phenoxy) is 1. The van der Waals surface area contributed by atoms with Gasteiger partial charge in [-0.25, -0.2) is 4.73 Å². The van der Waals surface area contributed by atoms with Gasteiger partial charge in [0, 0.05) is 10.5 Å². The van der Waals surface area contributed by atoms with Crippen LogP contribution in [0.2, 0.25) is 0 Å². The molecule has 0 saturated carbocycles. The van der Waals surface area contributed by atoms with Crippen LogP contribution in [-0.4, -0.2) is 17.3 Å². The second-order valence-electron chi connectivity index (χ2n) is 4.79. The molecule has 23 heavy (non-hydrogen) atoms. The highest BCUT2D eigenvalue weighted by Gasteiger charge is 2.13. The molecule has 1 heterocycles.